The van der Waals surface area contributed by atoms with Gasteiger partial charge in [0, 0.05) is 13.2 Å². The third-order valence-electron chi connectivity index (χ3n) is 2.10. The highest BCUT2D eigenvalue weighted by Gasteiger charge is 2.30. The third-order valence-corrected chi connectivity index (χ3v) is 2.10. The van der Waals surface area contributed by atoms with Crippen LogP contribution in [0.4, 0.5) is 13.2 Å². The summed E-state index contributed by atoms with van der Waals surface area (Å²) < 4.78 is 41.7. The van der Waals surface area contributed by atoms with Crippen LogP contribution in [-0.2, 0) is 10.8 Å². The molecule has 0 saturated carbocycles. The first-order valence-corrected chi connectivity index (χ1v) is 5.03. The van der Waals surface area contributed by atoms with Crippen molar-refractivity contribution in [3.8, 4) is 0 Å². The van der Waals surface area contributed by atoms with E-state index in [9.17, 15) is 18.2 Å². The SMILES string of the molecule is OCCCOB(O)c1ccc(C(F)(F)F)cc1. The van der Waals surface area contributed by atoms with Gasteiger partial charge in [0.05, 0.1) is 5.56 Å². The first kappa shape index (κ1) is 14.0. The molecular formula is C10H12BF3O3. The molecule has 1 aromatic carbocycles. The van der Waals surface area contributed by atoms with Crippen molar-refractivity contribution in [2.75, 3.05) is 13.2 Å². The molecule has 1 aromatic rings. The van der Waals surface area contributed by atoms with Crippen molar-refractivity contribution in [2.45, 2.75) is 12.6 Å². The number of rotatable bonds is 5. The van der Waals surface area contributed by atoms with Crippen molar-refractivity contribution in [1.82, 2.24) is 0 Å². The van der Waals surface area contributed by atoms with E-state index in [0.29, 0.717) is 6.42 Å². The molecule has 0 amide bonds. The summed E-state index contributed by atoms with van der Waals surface area (Å²) >= 11 is 0. The largest absolute Gasteiger partial charge is 0.491 e. The molecule has 94 valence electrons. The molecule has 0 aliphatic heterocycles. The summed E-state index contributed by atoms with van der Waals surface area (Å²) in [6, 6.07) is 4.08. The molecule has 17 heavy (non-hydrogen) atoms. The van der Waals surface area contributed by atoms with Crippen LogP contribution in [0, 0.1) is 0 Å². The maximum Gasteiger partial charge on any atom is 0.491 e. The lowest BCUT2D eigenvalue weighted by atomic mass is 9.79. The van der Waals surface area contributed by atoms with Crippen molar-refractivity contribution >= 4 is 12.6 Å². The minimum absolute atomic E-state index is 0.0697. The van der Waals surface area contributed by atoms with E-state index in [4.69, 9.17) is 9.76 Å². The summed E-state index contributed by atoms with van der Waals surface area (Å²) in [4.78, 5) is 0. The molecule has 2 N–H and O–H groups in total. The van der Waals surface area contributed by atoms with Crippen LogP contribution in [0.1, 0.15) is 12.0 Å². The Morgan fingerprint density at radius 1 is 1.18 bits per heavy atom. The topological polar surface area (TPSA) is 49.7 Å². The second-order valence-electron chi connectivity index (χ2n) is 3.42. The standard InChI is InChI=1S/C10H12BF3O3/c12-10(13,14)8-2-4-9(5-3-8)11(16)17-7-1-6-15/h2-5,15-16H,1,6-7H2. The van der Waals surface area contributed by atoms with E-state index in [1.807, 2.05) is 0 Å². The van der Waals surface area contributed by atoms with Crippen LogP contribution in [0.5, 0.6) is 0 Å². The van der Waals surface area contributed by atoms with Gasteiger partial charge in [-0.15, -0.1) is 0 Å². The lowest BCUT2D eigenvalue weighted by Gasteiger charge is -2.10. The summed E-state index contributed by atoms with van der Waals surface area (Å²) in [5, 5.41) is 17.9. The fourth-order valence-electron chi connectivity index (χ4n) is 1.19. The van der Waals surface area contributed by atoms with Gasteiger partial charge in [0.15, 0.2) is 0 Å². The number of aliphatic hydroxyl groups excluding tert-OH is 1. The summed E-state index contributed by atoms with van der Waals surface area (Å²) in [6.07, 6.45) is -4.03. The third kappa shape index (κ3) is 4.37. The Balaban J connectivity index is 2.61. The van der Waals surface area contributed by atoms with E-state index in [2.05, 4.69) is 0 Å². The molecule has 0 bridgehead atoms. The smallest absolute Gasteiger partial charge is 0.423 e. The molecule has 0 heterocycles. The Kier molecular flexibility index (Phi) is 4.98. The van der Waals surface area contributed by atoms with Crippen molar-refractivity contribution in [3.63, 3.8) is 0 Å². The van der Waals surface area contributed by atoms with Crippen molar-refractivity contribution in [1.29, 1.82) is 0 Å². The second kappa shape index (κ2) is 6.04. The number of hydrogen-bond acceptors (Lipinski definition) is 3. The zero-order chi connectivity index (χ0) is 12.9. The number of alkyl halides is 3. The molecule has 7 heteroatoms. The molecule has 0 atom stereocenters. The minimum Gasteiger partial charge on any atom is -0.423 e. The van der Waals surface area contributed by atoms with Gasteiger partial charge < -0.3 is 14.8 Å². The van der Waals surface area contributed by atoms with Crippen LogP contribution in [0.25, 0.3) is 0 Å². The molecule has 3 nitrogen and oxygen atoms in total. The Hall–Kier alpha value is -1.05. The molecule has 1 rings (SSSR count). The van der Waals surface area contributed by atoms with E-state index >= 15 is 0 Å². The van der Waals surface area contributed by atoms with Crippen LogP contribution >= 0.6 is 0 Å². The molecule has 0 saturated heterocycles. The summed E-state index contributed by atoms with van der Waals surface area (Å²) in [5.74, 6) is 0. The van der Waals surface area contributed by atoms with Gasteiger partial charge in [-0.2, -0.15) is 13.2 Å². The number of hydrogen-bond donors (Lipinski definition) is 2. The van der Waals surface area contributed by atoms with Gasteiger partial charge in [-0.3, -0.25) is 0 Å². The summed E-state index contributed by atoms with van der Waals surface area (Å²) in [6.45, 7) is 0.0679. The van der Waals surface area contributed by atoms with Gasteiger partial charge in [0.2, 0.25) is 0 Å². The lowest BCUT2D eigenvalue weighted by Crippen LogP contribution is -2.34. The molecule has 0 fully saturated rings. The number of benzene rings is 1. The quantitative estimate of drug-likeness (QED) is 0.598. The van der Waals surface area contributed by atoms with E-state index in [1.165, 1.54) is 0 Å². The second-order valence-corrected chi connectivity index (χ2v) is 3.42. The van der Waals surface area contributed by atoms with Crippen LogP contribution in [-0.4, -0.2) is 30.5 Å². The van der Waals surface area contributed by atoms with Crippen molar-refractivity contribution in [2.24, 2.45) is 0 Å². The Morgan fingerprint density at radius 3 is 2.24 bits per heavy atom. The van der Waals surface area contributed by atoms with Crippen molar-refractivity contribution < 1.29 is 28.0 Å². The molecule has 0 aliphatic carbocycles. The fraction of sp³-hybridized carbons (Fsp3) is 0.400. The van der Waals surface area contributed by atoms with E-state index in [-0.39, 0.29) is 18.7 Å². The van der Waals surface area contributed by atoms with Gasteiger partial charge in [0.25, 0.3) is 0 Å². The zero-order valence-electron chi connectivity index (χ0n) is 8.94. The highest BCUT2D eigenvalue weighted by atomic mass is 19.4. The van der Waals surface area contributed by atoms with Gasteiger partial charge >= 0.3 is 13.3 Å². The van der Waals surface area contributed by atoms with Crippen LogP contribution in [0.2, 0.25) is 0 Å². The lowest BCUT2D eigenvalue weighted by molar-refractivity contribution is -0.137. The summed E-state index contributed by atoms with van der Waals surface area (Å²) in [7, 11) is -1.27. The van der Waals surface area contributed by atoms with E-state index in [1.54, 1.807) is 0 Å². The highest BCUT2D eigenvalue weighted by Crippen LogP contribution is 2.28. The van der Waals surface area contributed by atoms with Crippen LogP contribution in [0.15, 0.2) is 24.3 Å². The summed E-state index contributed by atoms with van der Waals surface area (Å²) in [5.41, 5.74) is -0.528. The zero-order valence-corrected chi connectivity index (χ0v) is 8.94. The molecule has 0 aromatic heterocycles. The van der Waals surface area contributed by atoms with Gasteiger partial charge in [0.1, 0.15) is 0 Å². The number of aliphatic hydroxyl groups is 1. The monoisotopic (exact) mass is 248 g/mol. The molecule has 0 aliphatic rings. The number of halogens is 3. The van der Waals surface area contributed by atoms with E-state index in [0.717, 1.165) is 24.3 Å². The molecular weight excluding hydrogens is 236 g/mol. The predicted molar refractivity (Wildman–Crippen MR) is 56.7 cm³/mol. The van der Waals surface area contributed by atoms with Gasteiger partial charge in [-0.1, -0.05) is 24.3 Å². The maximum absolute atomic E-state index is 12.2. The molecule has 0 unspecified atom stereocenters. The van der Waals surface area contributed by atoms with Crippen LogP contribution in [0.3, 0.4) is 0 Å². The predicted octanol–water partition coefficient (Wildman–Crippen LogP) is 0.792. The fourth-order valence-corrected chi connectivity index (χ4v) is 1.19. The Labute approximate surface area is 97.0 Å². The average molecular weight is 248 g/mol. The Morgan fingerprint density at radius 2 is 1.76 bits per heavy atom. The van der Waals surface area contributed by atoms with E-state index < -0.39 is 18.9 Å². The minimum atomic E-state index is -4.39. The first-order valence-electron chi connectivity index (χ1n) is 5.03. The van der Waals surface area contributed by atoms with Crippen molar-refractivity contribution in [3.05, 3.63) is 29.8 Å². The molecule has 0 spiro atoms. The molecule has 0 radical (unpaired) electrons. The normalized spacial score (nSPS) is 11.6. The highest BCUT2D eigenvalue weighted by molar-refractivity contribution is 6.59. The first-order chi connectivity index (χ1) is 7.95. The maximum atomic E-state index is 12.2. The average Bonchev–Trinajstić information content (AvgIpc) is 2.28. The van der Waals surface area contributed by atoms with Gasteiger partial charge in [-0.05, 0) is 11.9 Å². The Bertz CT molecular complexity index is 340. The van der Waals surface area contributed by atoms with Gasteiger partial charge in [-0.25, -0.2) is 0 Å². The van der Waals surface area contributed by atoms with Crippen LogP contribution < -0.4 is 5.46 Å².